The van der Waals surface area contributed by atoms with Gasteiger partial charge in [0.1, 0.15) is 5.82 Å². The van der Waals surface area contributed by atoms with Crippen LogP contribution in [0.4, 0.5) is 4.39 Å². The van der Waals surface area contributed by atoms with Crippen LogP contribution in [0.1, 0.15) is 52.3 Å². The summed E-state index contributed by atoms with van der Waals surface area (Å²) < 4.78 is 15.8. The topological polar surface area (TPSA) is 54.3 Å². The third-order valence-electron chi connectivity index (χ3n) is 4.36. The molecule has 1 fully saturated rings. The average Bonchev–Trinajstić information content (AvgIpc) is 3.30. The highest BCUT2D eigenvalue weighted by Gasteiger charge is 2.28. The zero-order valence-electron chi connectivity index (χ0n) is 13.3. The Balaban J connectivity index is 1.68. The average molecular weight is 316 g/mol. The van der Waals surface area contributed by atoms with E-state index in [0.29, 0.717) is 11.6 Å². The van der Waals surface area contributed by atoms with Gasteiger partial charge in [0.05, 0.1) is 11.7 Å². The van der Waals surface area contributed by atoms with Crippen LogP contribution in [0.25, 0.3) is 0 Å². The minimum absolute atomic E-state index is 0.0210. The van der Waals surface area contributed by atoms with Gasteiger partial charge in [0.2, 0.25) is 0 Å². The molecule has 2 N–H and O–H groups in total. The summed E-state index contributed by atoms with van der Waals surface area (Å²) >= 11 is 0. The quantitative estimate of drug-likeness (QED) is 0.891. The van der Waals surface area contributed by atoms with Gasteiger partial charge < -0.3 is 15.0 Å². The minimum atomic E-state index is -1.06. The number of aryl methyl sites for hydroxylation is 1. The summed E-state index contributed by atoms with van der Waals surface area (Å²) in [6.07, 6.45) is 1.25. The van der Waals surface area contributed by atoms with Crippen molar-refractivity contribution in [3.63, 3.8) is 0 Å². The van der Waals surface area contributed by atoms with E-state index in [4.69, 9.17) is 0 Å². The molecular formula is C18H21FN2O2. The van der Waals surface area contributed by atoms with Crippen molar-refractivity contribution in [1.82, 2.24) is 9.88 Å². The van der Waals surface area contributed by atoms with Crippen LogP contribution >= 0.6 is 0 Å². The smallest absolute Gasteiger partial charge is 0.253 e. The molecule has 5 heteroatoms. The first-order valence-corrected chi connectivity index (χ1v) is 7.88. The third kappa shape index (κ3) is 3.15. The number of aliphatic hydroxyl groups excluding tert-OH is 1. The van der Waals surface area contributed by atoms with Gasteiger partial charge in [-0.1, -0.05) is 18.2 Å². The Bertz CT molecular complexity index is 735. The lowest BCUT2D eigenvalue weighted by atomic mass is 10.1. The number of rotatable bonds is 5. The Morgan fingerprint density at radius 2 is 2.09 bits per heavy atom. The van der Waals surface area contributed by atoms with E-state index in [2.05, 4.69) is 9.88 Å². The lowest BCUT2D eigenvalue weighted by Gasteiger charge is -2.13. The van der Waals surface area contributed by atoms with Gasteiger partial charge in [-0.05, 0) is 38.8 Å². The molecule has 1 aromatic heterocycles. The molecule has 1 aliphatic carbocycles. The lowest BCUT2D eigenvalue weighted by Crippen LogP contribution is -2.29. The Morgan fingerprint density at radius 3 is 2.74 bits per heavy atom. The van der Waals surface area contributed by atoms with Gasteiger partial charge in [0, 0.05) is 29.5 Å². The molecule has 1 saturated carbocycles. The van der Waals surface area contributed by atoms with E-state index < -0.39 is 11.9 Å². The second-order valence-corrected chi connectivity index (χ2v) is 6.13. The maximum absolute atomic E-state index is 13.6. The first-order valence-electron chi connectivity index (χ1n) is 7.88. The van der Waals surface area contributed by atoms with Gasteiger partial charge in [0.25, 0.3) is 5.91 Å². The van der Waals surface area contributed by atoms with Crippen LogP contribution in [0, 0.1) is 19.7 Å². The van der Waals surface area contributed by atoms with Crippen molar-refractivity contribution >= 4 is 5.91 Å². The second-order valence-electron chi connectivity index (χ2n) is 6.13. The van der Waals surface area contributed by atoms with Crippen LogP contribution in [0.15, 0.2) is 30.3 Å². The number of aromatic nitrogens is 1. The van der Waals surface area contributed by atoms with Gasteiger partial charge in [-0.2, -0.15) is 0 Å². The standard InChI is InChI=1S/C18H21FN2O2/c1-11-9-15(12(2)21(11)13-7-8-13)18(23)20-10-17(22)14-5-3-4-6-16(14)19/h3-6,9,13,17,22H,7-8,10H2,1-2H3,(H,20,23). The number of hydrogen-bond donors (Lipinski definition) is 2. The molecule has 4 nitrogen and oxygen atoms in total. The van der Waals surface area contributed by atoms with Crippen molar-refractivity contribution in [3.05, 3.63) is 58.7 Å². The fraction of sp³-hybridized carbons (Fsp3) is 0.389. The minimum Gasteiger partial charge on any atom is -0.386 e. The fourth-order valence-electron chi connectivity index (χ4n) is 3.04. The first-order chi connectivity index (χ1) is 11.0. The van der Waals surface area contributed by atoms with Gasteiger partial charge in [-0.25, -0.2) is 4.39 Å². The number of carbonyl (C=O) groups excluding carboxylic acids is 1. The van der Waals surface area contributed by atoms with Crippen molar-refractivity contribution in [2.45, 2.75) is 38.8 Å². The van der Waals surface area contributed by atoms with Gasteiger partial charge >= 0.3 is 0 Å². The summed E-state index contributed by atoms with van der Waals surface area (Å²) in [7, 11) is 0. The van der Waals surface area contributed by atoms with Gasteiger partial charge in [-0.15, -0.1) is 0 Å². The van der Waals surface area contributed by atoms with Crippen molar-refractivity contribution in [3.8, 4) is 0 Å². The van der Waals surface area contributed by atoms with Crippen molar-refractivity contribution in [1.29, 1.82) is 0 Å². The predicted molar refractivity (Wildman–Crippen MR) is 85.9 cm³/mol. The Morgan fingerprint density at radius 1 is 1.39 bits per heavy atom. The van der Waals surface area contributed by atoms with E-state index in [-0.39, 0.29) is 18.0 Å². The maximum Gasteiger partial charge on any atom is 0.253 e. The van der Waals surface area contributed by atoms with Crippen molar-refractivity contribution in [2.24, 2.45) is 0 Å². The van der Waals surface area contributed by atoms with Crippen LogP contribution < -0.4 is 5.32 Å². The number of hydrogen-bond acceptors (Lipinski definition) is 2. The molecular weight excluding hydrogens is 295 g/mol. The number of halogens is 1. The van der Waals surface area contributed by atoms with Crippen LogP contribution in [-0.4, -0.2) is 22.1 Å². The van der Waals surface area contributed by atoms with E-state index in [1.165, 1.54) is 12.1 Å². The fourth-order valence-corrected chi connectivity index (χ4v) is 3.04. The number of nitrogens with one attached hydrogen (secondary N) is 1. The largest absolute Gasteiger partial charge is 0.386 e. The summed E-state index contributed by atoms with van der Waals surface area (Å²) in [6, 6.07) is 8.43. The molecule has 2 aromatic rings. The molecule has 1 heterocycles. The number of benzene rings is 1. The van der Waals surface area contributed by atoms with Crippen LogP contribution in [0.5, 0.6) is 0 Å². The zero-order valence-corrected chi connectivity index (χ0v) is 13.3. The van der Waals surface area contributed by atoms with Crippen LogP contribution in [-0.2, 0) is 0 Å². The monoisotopic (exact) mass is 316 g/mol. The summed E-state index contributed by atoms with van der Waals surface area (Å²) in [5.74, 6) is -0.707. The Labute approximate surface area is 134 Å². The molecule has 0 radical (unpaired) electrons. The van der Waals surface area contributed by atoms with Crippen LogP contribution in [0.3, 0.4) is 0 Å². The lowest BCUT2D eigenvalue weighted by molar-refractivity contribution is 0.0913. The van der Waals surface area contributed by atoms with E-state index >= 15 is 0 Å². The molecule has 23 heavy (non-hydrogen) atoms. The maximum atomic E-state index is 13.6. The number of aliphatic hydroxyl groups is 1. The third-order valence-corrected chi connectivity index (χ3v) is 4.36. The highest BCUT2D eigenvalue weighted by Crippen LogP contribution is 2.38. The van der Waals surface area contributed by atoms with Crippen molar-refractivity contribution < 1.29 is 14.3 Å². The summed E-state index contributed by atoms with van der Waals surface area (Å²) in [5.41, 5.74) is 2.83. The van der Waals surface area contributed by atoms with E-state index in [0.717, 1.165) is 24.2 Å². The summed E-state index contributed by atoms with van der Waals surface area (Å²) in [6.45, 7) is 3.91. The van der Waals surface area contributed by atoms with E-state index in [1.807, 2.05) is 19.9 Å². The molecule has 0 spiro atoms. The predicted octanol–water partition coefficient (Wildman–Crippen LogP) is 3.04. The molecule has 1 unspecified atom stereocenters. The summed E-state index contributed by atoms with van der Waals surface area (Å²) in [4.78, 5) is 12.4. The first kappa shape index (κ1) is 15.7. The van der Waals surface area contributed by atoms with Crippen molar-refractivity contribution in [2.75, 3.05) is 6.54 Å². The van der Waals surface area contributed by atoms with Gasteiger partial charge in [-0.3, -0.25) is 4.79 Å². The Kier molecular flexibility index (Phi) is 4.22. The molecule has 1 aliphatic rings. The zero-order chi connectivity index (χ0) is 16.6. The molecule has 0 saturated heterocycles. The second kappa shape index (κ2) is 6.16. The molecule has 1 amide bonds. The number of nitrogens with zero attached hydrogens (tertiary/aromatic N) is 1. The number of amides is 1. The van der Waals surface area contributed by atoms with Crippen LogP contribution in [0.2, 0.25) is 0 Å². The molecule has 3 rings (SSSR count). The highest BCUT2D eigenvalue weighted by atomic mass is 19.1. The SMILES string of the molecule is Cc1cc(C(=O)NCC(O)c2ccccc2F)c(C)n1C1CC1. The molecule has 1 atom stereocenters. The summed E-state index contributed by atoms with van der Waals surface area (Å²) in [5, 5.41) is 12.8. The Hall–Kier alpha value is -2.14. The molecule has 1 aromatic carbocycles. The normalized spacial score (nSPS) is 15.5. The van der Waals surface area contributed by atoms with E-state index in [1.54, 1.807) is 12.1 Å². The molecule has 0 aliphatic heterocycles. The van der Waals surface area contributed by atoms with E-state index in [9.17, 15) is 14.3 Å². The molecule has 0 bridgehead atoms. The van der Waals surface area contributed by atoms with Gasteiger partial charge in [0.15, 0.2) is 0 Å². The number of carbonyl (C=O) groups is 1. The highest BCUT2D eigenvalue weighted by molar-refractivity contribution is 5.95. The molecule has 122 valence electrons.